The number of rotatable bonds is 5. The zero-order valence-corrected chi connectivity index (χ0v) is 17.7. The molecule has 2 saturated heterocycles. The van der Waals surface area contributed by atoms with Crippen molar-refractivity contribution in [1.82, 2.24) is 20.0 Å². The van der Waals surface area contributed by atoms with E-state index in [1.54, 1.807) is 0 Å². The van der Waals surface area contributed by atoms with E-state index in [9.17, 15) is 9.59 Å². The van der Waals surface area contributed by atoms with Crippen LogP contribution in [0.1, 0.15) is 47.0 Å². The topological polar surface area (TPSA) is 55.9 Å². The first-order valence-electron chi connectivity index (χ1n) is 10.8. The lowest BCUT2D eigenvalue weighted by molar-refractivity contribution is -0.130. The molecule has 27 heavy (non-hydrogen) atoms. The van der Waals surface area contributed by atoms with E-state index in [0.717, 1.165) is 65.2 Å². The molecule has 1 aliphatic carbocycles. The first-order valence-corrected chi connectivity index (χ1v) is 10.8. The van der Waals surface area contributed by atoms with Crippen LogP contribution in [0.5, 0.6) is 0 Å². The predicted octanol–water partition coefficient (Wildman–Crippen LogP) is 1.41. The molecule has 2 heterocycles. The molecule has 3 aliphatic rings. The number of nitrogens with one attached hydrogen (secondary N) is 1. The molecule has 0 aromatic rings. The highest BCUT2D eigenvalue weighted by Gasteiger charge is 2.45. The summed E-state index contributed by atoms with van der Waals surface area (Å²) in [7, 11) is 0. The third-order valence-corrected chi connectivity index (χ3v) is 6.76. The molecule has 1 N–H and O–H groups in total. The van der Waals surface area contributed by atoms with E-state index in [4.69, 9.17) is 0 Å². The fourth-order valence-corrected chi connectivity index (χ4v) is 4.77. The van der Waals surface area contributed by atoms with Gasteiger partial charge in [-0.2, -0.15) is 0 Å². The molecule has 3 rings (SSSR count). The number of nitrogens with zero attached hydrogens (tertiary/aromatic N) is 3. The van der Waals surface area contributed by atoms with Gasteiger partial charge in [-0.3, -0.25) is 9.59 Å². The maximum Gasteiger partial charge on any atom is 0.225 e. The molecule has 6 nitrogen and oxygen atoms in total. The van der Waals surface area contributed by atoms with Gasteiger partial charge in [-0.25, -0.2) is 0 Å². The number of carbonyl (C=O) groups is 2. The molecule has 0 bridgehead atoms. The number of likely N-dealkylation sites (tertiary alicyclic amines) is 1. The second kappa shape index (κ2) is 8.48. The van der Waals surface area contributed by atoms with Crippen LogP contribution >= 0.6 is 0 Å². The van der Waals surface area contributed by atoms with Crippen molar-refractivity contribution in [3.8, 4) is 0 Å². The molecule has 0 aromatic heterocycles. The maximum absolute atomic E-state index is 12.7. The largest absolute Gasteiger partial charge is 0.353 e. The fraction of sp³-hybridized carbons (Fsp3) is 0.905. The molecular formula is C21H38N4O2. The molecule has 0 radical (unpaired) electrons. The van der Waals surface area contributed by atoms with Gasteiger partial charge in [0.05, 0.1) is 0 Å². The van der Waals surface area contributed by atoms with Crippen LogP contribution in [0.2, 0.25) is 0 Å². The van der Waals surface area contributed by atoms with Gasteiger partial charge >= 0.3 is 0 Å². The van der Waals surface area contributed by atoms with Gasteiger partial charge in [0, 0.05) is 69.6 Å². The van der Waals surface area contributed by atoms with Gasteiger partial charge in [0.15, 0.2) is 0 Å². The SMILES string of the molecule is CCN1CCN(CCC(=O)N2CC3CCC(NC(=O)C(C)(C)C)C3C2)CC1. The van der Waals surface area contributed by atoms with Gasteiger partial charge in [-0.05, 0) is 25.3 Å². The van der Waals surface area contributed by atoms with E-state index >= 15 is 0 Å². The number of carbonyl (C=O) groups excluding carboxylic acids is 2. The lowest BCUT2D eigenvalue weighted by Gasteiger charge is -2.34. The number of hydrogen-bond acceptors (Lipinski definition) is 4. The highest BCUT2D eigenvalue weighted by Crippen LogP contribution is 2.38. The highest BCUT2D eigenvalue weighted by molar-refractivity contribution is 5.81. The first kappa shape index (κ1) is 20.6. The molecular weight excluding hydrogens is 340 g/mol. The Labute approximate surface area is 164 Å². The fourth-order valence-electron chi connectivity index (χ4n) is 4.77. The summed E-state index contributed by atoms with van der Waals surface area (Å²) in [4.78, 5) is 32.0. The van der Waals surface area contributed by atoms with Gasteiger partial charge < -0.3 is 20.0 Å². The third-order valence-electron chi connectivity index (χ3n) is 6.76. The van der Waals surface area contributed by atoms with Crippen LogP contribution in [0.4, 0.5) is 0 Å². The standard InChI is InChI=1S/C21H38N4O2/c1-5-23-10-12-24(13-11-23)9-8-19(26)25-14-16-6-7-18(17(16)15-25)22-20(27)21(2,3)4/h16-18H,5-15H2,1-4H3,(H,22,27). The van der Waals surface area contributed by atoms with E-state index in [0.29, 0.717) is 24.2 Å². The van der Waals surface area contributed by atoms with Gasteiger partial charge in [0.25, 0.3) is 0 Å². The van der Waals surface area contributed by atoms with Crippen molar-refractivity contribution in [2.24, 2.45) is 17.3 Å². The van der Waals surface area contributed by atoms with Crippen molar-refractivity contribution in [3.05, 3.63) is 0 Å². The second-order valence-corrected chi connectivity index (χ2v) is 9.66. The molecule has 3 atom stereocenters. The quantitative estimate of drug-likeness (QED) is 0.786. The predicted molar refractivity (Wildman–Crippen MR) is 107 cm³/mol. The van der Waals surface area contributed by atoms with Crippen molar-refractivity contribution in [3.63, 3.8) is 0 Å². The molecule has 0 aromatic carbocycles. The van der Waals surface area contributed by atoms with Crippen LogP contribution in [0.15, 0.2) is 0 Å². The zero-order valence-electron chi connectivity index (χ0n) is 17.7. The molecule has 6 heteroatoms. The van der Waals surface area contributed by atoms with Crippen molar-refractivity contribution < 1.29 is 9.59 Å². The molecule has 154 valence electrons. The Hall–Kier alpha value is -1.14. The summed E-state index contributed by atoms with van der Waals surface area (Å²) >= 11 is 0. The summed E-state index contributed by atoms with van der Waals surface area (Å²) < 4.78 is 0. The van der Waals surface area contributed by atoms with Crippen molar-refractivity contribution in [2.75, 3.05) is 52.4 Å². The minimum Gasteiger partial charge on any atom is -0.353 e. The zero-order chi connectivity index (χ0) is 19.6. The number of likely N-dealkylation sites (N-methyl/N-ethyl adjacent to an activating group) is 1. The highest BCUT2D eigenvalue weighted by atomic mass is 16.2. The average Bonchev–Trinajstić information content (AvgIpc) is 3.21. The minimum atomic E-state index is -0.353. The van der Waals surface area contributed by atoms with Crippen LogP contribution in [0, 0.1) is 17.3 Å². The van der Waals surface area contributed by atoms with E-state index in [-0.39, 0.29) is 17.4 Å². The Kier molecular flexibility index (Phi) is 6.46. The van der Waals surface area contributed by atoms with Crippen LogP contribution in [0.3, 0.4) is 0 Å². The second-order valence-electron chi connectivity index (χ2n) is 9.66. The molecule has 3 fully saturated rings. The first-order chi connectivity index (χ1) is 12.8. The van der Waals surface area contributed by atoms with Gasteiger partial charge in [-0.1, -0.05) is 27.7 Å². The van der Waals surface area contributed by atoms with Crippen LogP contribution in [-0.4, -0.2) is 84.9 Å². The van der Waals surface area contributed by atoms with Crippen molar-refractivity contribution in [2.45, 2.75) is 53.0 Å². The molecule has 2 amide bonds. The minimum absolute atomic E-state index is 0.129. The normalized spacial score (nSPS) is 29.8. The molecule has 3 unspecified atom stereocenters. The summed E-state index contributed by atoms with van der Waals surface area (Å²) in [6, 6.07) is 0.238. The maximum atomic E-state index is 12.7. The average molecular weight is 379 g/mol. The summed E-state index contributed by atoms with van der Waals surface area (Å²) in [5.74, 6) is 1.42. The number of fused-ring (bicyclic) bond motifs is 1. The smallest absolute Gasteiger partial charge is 0.225 e. The summed E-state index contributed by atoms with van der Waals surface area (Å²) in [6.07, 6.45) is 2.81. The van der Waals surface area contributed by atoms with Crippen molar-refractivity contribution in [1.29, 1.82) is 0 Å². The van der Waals surface area contributed by atoms with Gasteiger partial charge in [-0.15, -0.1) is 0 Å². The Bertz CT molecular complexity index is 537. The van der Waals surface area contributed by atoms with Crippen LogP contribution in [0.25, 0.3) is 0 Å². The Balaban J connectivity index is 1.43. The Morgan fingerprint density at radius 2 is 1.67 bits per heavy atom. The van der Waals surface area contributed by atoms with Crippen LogP contribution in [-0.2, 0) is 9.59 Å². The number of piperazine rings is 1. The molecule has 2 aliphatic heterocycles. The summed E-state index contributed by atoms with van der Waals surface area (Å²) in [5, 5.41) is 3.25. The van der Waals surface area contributed by atoms with Gasteiger partial charge in [0.1, 0.15) is 0 Å². The van der Waals surface area contributed by atoms with Crippen molar-refractivity contribution >= 4 is 11.8 Å². The summed E-state index contributed by atoms with van der Waals surface area (Å²) in [5.41, 5.74) is -0.353. The lowest BCUT2D eigenvalue weighted by atomic mass is 9.93. The summed E-state index contributed by atoms with van der Waals surface area (Å²) in [6.45, 7) is 16.2. The molecule has 0 spiro atoms. The number of amides is 2. The lowest BCUT2D eigenvalue weighted by Crippen LogP contribution is -2.47. The van der Waals surface area contributed by atoms with E-state index in [1.807, 2.05) is 20.8 Å². The molecule has 1 saturated carbocycles. The number of hydrogen-bond donors (Lipinski definition) is 1. The Morgan fingerprint density at radius 1 is 1.00 bits per heavy atom. The Morgan fingerprint density at radius 3 is 2.30 bits per heavy atom. The van der Waals surface area contributed by atoms with Crippen LogP contribution < -0.4 is 5.32 Å². The third kappa shape index (κ3) is 5.02. The van der Waals surface area contributed by atoms with E-state index in [2.05, 4.69) is 26.9 Å². The van der Waals surface area contributed by atoms with E-state index in [1.165, 1.54) is 0 Å². The monoisotopic (exact) mass is 378 g/mol. The van der Waals surface area contributed by atoms with Gasteiger partial charge in [0.2, 0.25) is 11.8 Å². The van der Waals surface area contributed by atoms with E-state index < -0.39 is 0 Å².